The number of piperazine rings is 1. The van der Waals surface area contributed by atoms with E-state index in [0.717, 1.165) is 5.56 Å². The van der Waals surface area contributed by atoms with Crippen LogP contribution in [0.15, 0.2) is 83.3 Å². The van der Waals surface area contributed by atoms with Crippen LogP contribution < -0.4 is 4.90 Å². The molecule has 12 heteroatoms. The van der Waals surface area contributed by atoms with Gasteiger partial charge >= 0.3 is 12.1 Å². The number of nitro groups is 1. The molecule has 44 heavy (non-hydrogen) atoms. The van der Waals surface area contributed by atoms with Crippen LogP contribution in [0.1, 0.15) is 40.3 Å². The van der Waals surface area contributed by atoms with Crippen molar-refractivity contribution in [3.8, 4) is 11.3 Å². The van der Waals surface area contributed by atoms with Gasteiger partial charge in [-0.2, -0.15) is 0 Å². The molecule has 1 aliphatic heterocycles. The Labute approximate surface area is 258 Å². The molecule has 228 valence electrons. The summed E-state index contributed by atoms with van der Waals surface area (Å²) in [5, 5.41) is 24.1. The lowest BCUT2D eigenvalue weighted by Crippen LogP contribution is -2.49. The number of furan rings is 1. The van der Waals surface area contributed by atoms with E-state index in [1.54, 1.807) is 42.2 Å². The molecule has 2 heterocycles. The van der Waals surface area contributed by atoms with Crippen LogP contribution in [-0.2, 0) is 16.1 Å². The molecular weight excluding hydrogens is 590 g/mol. The first-order valence-electron chi connectivity index (χ1n) is 14.0. The normalized spacial score (nSPS) is 13.8. The van der Waals surface area contributed by atoms with E-state index in [2.05, 4.69) is 0 Å². The predicted molar refractivity (Wildman–Crippen MR) is 163 cm³/mol. The highest BCUT2D eigenvalue weighted by molar-refractivity contribution is 6.30. The number of aliphatic hydroxyl groups is 1. The number of rotatable bonds is 9. The number of amides is 1. The Morgan fingerprint density at radius 2 is 1.68 bits per heavy atom. The third kappa shape index (κ3) is 6.85. The van der Waals surface area contributed by atoms with Crippen molar-refractivity contribution in [1.82, 2.24) is 4.90 Å². The average molecular weight is 620 g/mol. The van der Waals surface area contributed by atoms with Gasteiger partial charge in [0.1, 0.15) is 18.5 Å². The van der Waals surface area contributed by atoms with E-state index in [9.17, 15) is 24.8 Å². The summed E-state index contributed by atoms with van der Waals surface area (Å²) < 4.78 is 16.3. The summed E-state index contributed by atoms with van der Waals surface area (Å²) in [6.07, 6.45) is -1.99. The number of halogens is 1. The fraction of sp³-hybridized carbons (Fsp3) is 0.250. The number of benzene rings is 3. The molecule has 1 saturated heterocycles. The molecule has 1 amide bonds. The minimum atomic E-state index is -1.56. The molecule has 0 spiro atoms. The predicted octanol–water partition coefficient (Wildman–Crippen LogP) is 6.23. The Kier molecular flexibility index (Phi) is 9.47. The quantitative estimate of drug-likeness (QED) is 0.131. The molecule has 0 aliphatic carbocycles. The molecule has 1 aromatic heterocycles. The van der Waals surface area contributed by atoms with Crippen LogP contribution in [0, 0.1) is 10.1 Å². The Bertz CT molecular complexity index is 1630. The lowest BCUT2D eigenvalue weighted by Gasteiger charge is -2.35. The number of nitrogens with zero attached hydrogens (tertiary/aromatic N) is 3. The summed E-state index contributed by atoms with van der Waals surface area (Å²) in [5.41, 5.74) is 1.72. The molecular formula is C32H30ClN3O8. The summed E-state index contributed by atoms with van der Waals surface area (Å²) in [6.45, 7) is 3.48. The number of carbonyl (C=O) groups excluding carboxylic acids is 2. The second-order valence-corrected chi connectivity index (χ2v) is 10.5. The lowest BCUT2D eigenvalue weighted by molar-refractivity contribution is -0.386. The fourth-order valence-corrected chi connectivity index (χ4v) is 5.09. The summed E-state index contributed by atoms with van der Waals surface area (Å²) in [6, 6.07) is 22.0. The van der Waals surface area contributed by atoms with Gasteiger partial charge in [-0.1, -0.05) is 41.9 Å². The second kappa shape index (κ2) is 13.6. The molecule has 3 aromatic carbocycles. The number of esters is 1. The van der Waals surface area contributed by atoms with Crippen molar-refractivity contribution in [2.75, 3.05) is 37.7 Å². The van der Waals surface area contributed by atoms with Crippen molar-refractivity contribution in [3.05, 3.63) is 116 Å². The standard InChI is InChI=1S/C32H30ClN3O8/c1-2-42-31(38)30-26(19-28(44-30)22-8-10-23(33)11-9-22)29(37)25-13-12-24(18-27(25)36(40)41)34-14-16-35(17-15-34)32(39)43-20-21-6-4-3-5-7-21/h3-13,18-19,29,37H,2,14-17,20H2,1H3. The number of aliphatic hydroxyl groups excluding tert-OH is 1. The Hall–Kier alpha value is -4.87. The largest absolute Gasteiger partial charge is 0.460 e. The van der Waals surface area contributed by atoms with Crippen LogP contribution in [0.25, 0.3) is 11.3 Å². The van der Waals surface area contributed by atoms with Crippen molar-refractivity contribution in [2.24, 2.45) is 0 Å². The molecule has 5 rings (SSSR count). The van der Waals surface area contributed by atoms with Crippen LogP contribution in [-0.4, -0.2) is 59.8 Å². The van der Waals surface area contributed by atoms with Gasteiger partial charge in [0.05, 0.1) is 17.1 Å². The number of ether oxygens (including phenoxy) is 2. The average Bonchev–Trinajstić information content (AvgIpc) is 3.50. The van der Waals surface area contributed by atoms with Crippen molar-refractivity contribution >= 4 is 35.0 Å². The molecule has 0 bridgehead atoms. The van der Waals surface area contributed by atoms with E-state index in [1.807, 2.05) is 35.2 Å². The van der Waals surface area contributed by atoms with E-state index < -0.39 is 23.1 Å². The van der Waals surface area contributed by atoms with E-state index >= 15 is 0 Å². The molecule has 0 radical (unpaired) electrons. The molecule has 1 fully saturated rings. The van der Waals surface area contributed by atoms with E-state index in [0.29, 0.717) is 42.5 Å². The smallest absolute Gasteiger partial charge is 0.410 e. The van der Waals surface area contributed by atoms with Gasteiger partial charge in [-0.25, -0.2) is 9.59 Å². The van der Waals surface area contributed by atoms with Gasteiger partial charge in [-0.05, 0) is 55.0 Å². The number of hydrogen-bond donors (Lipinski definition) is 1. The molecule has 4 aromatic rings. The van der Waals surface area contributed by atoms with Crippen molar-refractivity contribution in [2.45, 2.75) is 19.6 Å². The first-order chi connectivity index (χ1) is 21.2. The molecule has 1 aliphatic rings. The van der Waals surface area contributed by atoms with Gasteiger partial charge in [-0.3, -0.25) is 10.1 Å². The highest BCUT2D eigenvalue weighted by Gasteiger charge is 2.31. The highest BCUT2D eigenvalue weighted by Crippen LogP contribution is 2.38. The van der Waals surface area contributed by atoms with Gasteiger partial charge < -0.3 is 28.8 Å². The zero-order valence-corrected chi connectivity index (χ0v) is 24.6. The summed E-state index contributed by atoms with van der Waals surface area (Å²) in [7, 11) is 0. The van der Waals surface area contributed by atoms with E-state index in [-0.39, 0.29) is 41.5 Å². The van der Waals surface area contributed by atoms with Gasteiger partial charge in [0, 0.05) is 54.1 Å². The van der Waals surface area contributed by atoms with Gasteiger partial charge in [0.15, 0.2) is 0 Å². The van der Waals surface area contributed by atoms with Crippen LogP contribution in [0.2, 0.25) is 5.02 Å². The number of anilines is 1. The molecule has 1 N–H and O–H groups in total. The first-order valence-corrected chi connectivity index (χ1v) is 14.4. The zero-order valence-electron chi connectivity index (χ0n) is 23.9. The van der Waals surface area contributed by atoms with E-state index in [1.165, 1.54) is 18.2 Å². The summed E-state index contributed by atoms with van der Waals surface area (Å²) in [5.74, 6) is -0.794. The van der Waals surface area contributed by atoms with Gasteiger partial charge in [0.2, 0.25) is 5.76 Å². The maximum absolute atomic E-state index is 12.7. The Morgan fingerprint density at radius 1 is 0.977 bits per heavy atom. The lowest BCUT2D eigenvalue weighted by atomic mass is 9.98. The summed E-state index contributed by atoms with van der Waals surface area (Å²) in [4.78, 5) is 40.4. The number of hydrogen-bond acceptors (Lipinski definition) is 9. The molecule has 11 nitrogen and oxygen atoms in total. The SMILES string of the molecule is CCOC(=O)c1oc(-c2ccc(Cl)cc2)cc1C(O)c1ccc(N2CCN(C(=O)OCc3ccccc3)CC2)cc1[N+](=O)[O-]. The molecule has 1 atom stereocenters. The first kappa shape index (κ1) is 30.6. The maximum atomic E-state index is 12.7. The highest BCUT2D eigenvalue weighted by atomic mass is 35.5. The molecule has 0 saturated carbocycles. The van der Waals surface area contributed by atoms with Gasteiger partial charge in [0.25, 0.3) is 5.69 Å². The minimum absolute atomic E-state index is 0.0177. The minimum Gasteiger partial charge on any atom is -0.460 e. The Balaban J connectivity index is 1.34. The van der Waals surface area contributed by atoms with Crippen LogP contribution >= 0.6 is 11.6 Å². The van der Waals surface area contributed by atoms with Crippen LogP contribution in [0.4, 0.5) is 16.2 Å². The van der Waals surface area contributed by atoms with Gasteiger partial charge in [-0.15, -0.1) is 0 Å². The molecule has 1 unspecified atom stereocenters. The van der Waals surface area contributed by atoms with Crippen LogP contribution in [0.3, 0.4) is 0 Å². The second-order valence-electron chi connectivity index (χ2n) is 10.0. The fourth-order valence-electron chi connectivity index (χ4n) is 4.96. The summed E-state index contributed by atoms with van der Waals surface area (Å²) >= 11 is 5.99. The topological polar surface area (TPSA) is 136 Å². The Morgan fingerprint density at radius 3 is 2.34 bits per heavy atom. The number of carbonyl (C=O) groups is 2. The van der Waals surface area contributed by atoms with Crippen molar-refractivity contribution in [3.63, 3.8) is 0 Å². The maximum Gasteiger partial charge on any atom is 0.410 e. The third-order valence-corrected chi connectivity index (χ3v) is 7.51. The van der Waals surface area contributed by atoms with Crippen LogP contribution in [0.5, 0.6) is 0 Å². The third-order valence-electron chi connectivity index (χ3n) is 7.26. The monoisotopic (exact) mass is 619 g/mol. The zero-order chi connectivity index (χ0) is 31.2. The number of nitro benzene ring substituents is 1. The van der Waals surface area contributed by atoms with E-state index in [4.69, 9.17) is 25.5 Å². The van der Waals surface area contributed by atoms with Crippen molar-refractivity contribution < 1.29 is 33.5 Å². The van der Waals surface area contributed by atoms with Crippen molar-refractivity contribution in [1.29, 1.82) is 0 Å².